The van der Waals surface area contributed by atoms with Gasteiger partial charge in [-0.2, -0.15) is 0 Å². The summed E-state index contributed by atoms with van der Waals surface area (Å²) in [5.41, 5.74) is 2.80. The quantitative estimate of drug-likeness (QED) is 0.355. The number of hydrogen-bond acceptors (Lipinski definition) is 5. The first kappa shape index (κ1) is 22.0. The van der Waals surface area contributed by atoms with E-state index in [2.05, 4.69) is 6.92 Å². The number of esters is 1. The minimum Gasteiger partial charge on any atom is -0.482 e. The van der Waals surface area contributed by atoms with E-state index in [4.69, 9.17) is 9.47 Å². The van der Waals surface area contributed by atoms with Crippen molar-refractivity contribution < 1.29 is 23.9 Å². The number of ether oxygens (including phenoxy) is 2. The molecule has 0 amide bonds. The van der Waals surface area contributed by atoms with Gasteiger partial charge in [0.05, 0.1) is 0 Å². The molecule has 0 aliphatic rings. The van der Waals surface area contributed by atoms with Crippen LogP contribution in [0.15, 0.2) is 78.9 Å². The Balaban J connectivity index is 1.45. The molecule has 0 saturated heterocycles. The molecule has 0 aliphatic heterocycles. The van der Waals surface area contributed by atoms with Gasteiger partial charge in [-0.05, 0) is 36.2 Å². The van der Waals surface area contributed by atoms with Crippen LogP contribution in [-0.2, 0) is 16.0 Å². The van der Waals surface area contributed by atoms with Crippen molar-refractivity contribution in [2.24, 2.45) is 0 Å². The molecule has 0 spiro atoms. The number of Topliss-reactive ketones (excluding diaryl/α,β-unsaturated/α-hetero) is 1. The van der Waals surface area contributed by atoms with Crippen LogP contribution in [0.4, 0.5) is 0 Å². The van der Waals surface area contributed by atoms with Crippen LogP contribution in [-0.4, -0.2) is 30.7 Å². The Morgan fingerprint density at radius 1 is 0.710 bits per heavy atom. The van der Waals surface area contributed by atoms with Gasteiger partial charge >= 0.3 is 5.97 Å². The summed E-state index contributed by atoms with van der Waals surface area (Å²) >= 11 is 0. The fourth-order valence-electron chi connectivity index (χ4n) is 3.02. The maximum Gasteiger partial charge on any atom is 0.344 e. The molecule has 0 fully saturated rings. The van der Waals surface area contributed by atoms with Crippen LogP contribution in [0.3, 0.4) is 0 Å². The highest BCUT2D eigenvalue weighted by Crippen LogP contribution is 2.15. The molecule has 3 rings (SSSR count). The first-order chi connectivity index (χ1) is 15.1. The highest BCUT2D eigenvalue weighted by Gasteiger charge is 2.12. The lowest BCUT2D eigenvalue weighted by Crippen LogP contribution is -2.19. The molecule has 0 bridgehead atoms. The highest BCUT2D eigenvalue weighted by molar-refractivity contribution is 6.09. The first-order valence-corrected chi connectivity index (χ1v) is 10.2. The van der Waals surface area contributed by atoms with Crippen molar-refractivity contribution >= 4 is 17.5 Å². The number of carbonyl (C=O) groups excluding carboxylic acids is 3. The zero-order valence-corrected chi connectivity index (χ0v) is 17.4. The average molecular weight is 416 g/mol. The van der Waals surface area contributed by atoms with Crippen molar-refractivity contribution in [1.29, 1.82) is 0 Å². The summed E-state index contributed by atoms with van der Waals surface area (Å²) in [5.74, 6) is -0.562. The van der Waals surface area contributed by atoms with E-state index in [-0.39, 0.29) is 24.8 Å². The predicted molar refractivity (Wildman–Crippen MR) is 118 cm³/mol. The monoisotopic (exact) mass is 416 g/mol. The van der Waals surface area contributed by atoms with Gasteiger partial charge in [-0.3, -0.25) is 9.59 Å². The first-order valence-electron chi connectivity index (χ1n) is 10.2. The molecule has 31 heavy (non-hydrogen) atoms. The summed E-state index contributed by atoms with van der Waals surface area (Å²) in [6.07, 6.45) is 2.00. The molecule has 0 atom stereocenters. The van der Waals surface area contributed by atoms with E-state index in [0.717, 1.165) is 12.8 Å². The summed E-state index contributed by atoms with van der Waals surface area (Å²) < 4.78 is 10.4. The molecule has 5 heteroatoms. The fraction of sp³-hybridized carbons (Fsp3) is 0.192. The van der Waals surface area contributed by atoms with Gasteiger partial charge in [0.1, 0.15) is 5.75 Å². The van der Waals surface area contributed by atoms with E-state index in [1.165, 1.54) is 5.56 Å². The summed E-state index contributed by atoms with van der Waals surface area (Å²) in [6.45, 7) is 1.44. The van der Waals surface area contributed by atoms with E-state index in [1.807, 2.05) is 30.3 Å². The lowest BCUT2D eigenvalue weighted by Gasteiger charge is -2.08. The van der Waals surface area contributed by atoms with Gasteiger partial charge in [-0.25, -0.2) is 4.79 Å². The number of rotatable bonds is 10. The standard InChI is InChI=1S/C26H24O5/c1-2-6-19-9-11-20(12-10-19)24(27)17-31-25(28)18-30-23-15-13-22(14-16-23)26(29)21-7-4-3-5-8-21/h3-5,7-16H,2,6,17-18H2,1H3. The van der Waals surface area contributed by atoms with Crippen molar-refractivity contribution in [3.05, 3.63) is 101 Å². The van der Waals surface area contributed by atoms with Crippen molar-refractivity contribution in [3.63, 3.8) is 0 Å². The third-order valence-electron chi connectivity index (χ3n) is 4.69. The second-order valence-corrected chi connectivity index (χ2v) is 7.04. The predicted octanol–water partition coefficient (Wildman–Crippen LogP) is 4.68. The molecule has 0 N–H and O–H groups in total. The summed E-state index contributed by atoms with van der Waals surface area (Å²) in [6, 6.07) is 22.8. The van der Waals surface area contributed by atoms with Crippen molar-refractivity contribution in [2.75, 3.05) is 13.2 Å². The lowest BCUT2D eigenvalue weighted by atomic mass is 10.0. The molecule has 0 saturated carbocycles. The van der Waals surface area contributed by atoms with Gasteiger partial charge in [0.15, 0.2) is 24.8 Å². The largest absolute Gasteiger partial charge is 0.482 e. The van der Waals surface area contributed by atoms with Crippen LogP contribution in [0, 0.1) is 0 Å². The molecular weight excluding hydrogens is 392 g/mol. The van der Waals surface area contributed by atoms with Crippen LogP contribution in [0.25, 0.3) is 0 Å². The van der Waals surface area contributed by atoms with Crippen LogP contribution < -0.4 is 4.74 Å². The summed E-state index contributed by atoms with van der Waals surface area (Å²) in [7, 11) is 0. The Morgan fingerprint density at radius 2 is 1.32 bits per heavy atom. The molecular formula is C26H24O5. The van der Waals surface area contributed by atoms with E-state index >= 15 is 0 Å². The van der Waals surface area contributed by atoms with Crippen LogP contribution >= 0.6 is 0 Å². The second-order valence-electron chi connectivity index (χ2n) is 7.04. The zero-order valence-electron chi connectivity index (χ0n) is 17.4. The molecule has 3 aromatic rings. The second kappa shape index (κ2) is 10.9. The zero-order chi connectivity index (χ0) is 22.1. The molecule has 158 valence electrons. The normalized spacial score (nSPS) is 10.4. The van der Waals surface area contributed by atoms with E-state index in [9.17, 15) is 14.4 Å². The van der Waals surface area contributed by atoms with Gasteiger partial charge < -0.3 is 9.47 Å². The number of ketones is 2. The maximum absolute atomic E-state index is 12.4. The molecule has 3 aromatic carbocycles. The Bertz CT molecular complexity index is 1020. The summed E-state index contributed by atoms with van der Waals surface area (Å²) in [4.78, 5) is 36.5. The van der Waals surface area contributed by atoms with Gasteiger partial charge in [-0.1, -0.05) is 67.9 Å². The molecule has 0 aliphatic carbocycles. The van der Waals surface area contributed by atoms with Gasteiger partial charge in [0.2, 0.25) is 0 Å². The number of aryl methyl sites for hydroxylation is 1. The van der Waals surface area contributed by atoms with E-state index in [0.29, 0.717) is 22.4 Å². The topological polar surface area (TPSA) is 69.7 Å². The SMILES string of the molecule is CCCc1ccc(C(=O)COC(=O)COc2ccc(C(=O)c3ccccc3)cc2)cc1. The Labute approximate surface area is 181 Å². The van der Waals surface area contributed by atoms with Crippen LogP contribution in [0.2, 0.25) is 0 Å². The fourth-order valence-corrected chi connectivity index (χ4v) is 3.02. The minimum absolute atomic E-state index is 0.0900. The Kier molecular flexibility index (Phi) is 7.71. The van der Waals surface area contributed by atoms with Crippen LogP contribution in [0.5, 0.6) is 5.75 Å². The van der Waals surface area contributed by atoms with Gasteiger partial charge in [0, 0.05) is 16.7 Å². The molecule has 0 radical (unpaired) electrons. The molecule has 5 nitrogen and oxygen atoms in total. The van der Waals surface area contributed by atoms with Crippen molar-refractivity contribution in [2.45, 2.75) is 19.8 Å². The average Bonchev–Trinajstić information content (AvgIpc) is 2.82. The summed E-state index contributed by atoms with van der Waals surface area (Å²) in [5, 5.41) is 0. The van der Waals surface area contributed by atoms with E-state index < -0.39 is 5.97 Å². The smallest absolute Gasteiger partial charge is 0.344 e. The van der Waals surface area contributed by atoms with Gasteiger partial charge in [-0.15, -0.1) is 0 Å². The van der Waals surface area contributed by atoms with Gasteiger partial charge in [0.25, 0.3) is 0 Å². The van der Waals surface area contributed by atoms with Crippen LogP contribution in [0.1, 0.15) is 45.2 Å². The maximum atomic E-state index is 12.4. The highest BCUT2D eigenvalue weighted by atomic mass is 16.6. The number of carbonyl (C=O) groups is 3. The van der Waals surface area contributed by atoms with Crippen molar-refractivity contribution in [3.8, 4) is 5.75 Å². The lowest BCUT2D eigenvalue weighted by molar-refractivity contribution is -0.144. The Hall–Kier alpha value is -3.73. The third-order valence-corrected chi connectivity index (χ3v) is 4.69. The Morgan fingerprint density at radius 3 is 1.97 bits per heavy atom. The third kappa shape index (κ3) is 6.37. The number of hydrogen-bond donors (Lipinski definition) is 0. The minimum atomic E-state index is -0.639. The molecule has 0 heterocycles. The van der Waals surface area contributed by atoms with Crippen molar-refractivity contribution in [1.82, 2.24) is 0 Å². The number of benzene rings is 3. The molecule has 0 aromatic heterocycles. The molecule has 0 unspecified atom stereocenters. The van der Waals surface area contributed by atoms with E-state index in [1.54, 1.807) is 48.5 Å².